The molecule has 33 heavy (non-hydrogen) atoms. The monoisotopic (exact) mass is 488 g/mol. The van der Waals surface area contributed by atoms with Crippen molar-refractivity contribution in [3.8, 4) is 11.5 Å². The van der Waals surface area contributed by atoms with Crippen molar-refractivity contribution in [3.63, 3.8) is 0 Å². The molecule has 0 bridgehead atoms. The first-order valence-electron chi connectivity index (χ1n) is 9.88. The molecule has 1 saturated heterocycles. The number of rotatable bonds is 9. The van der Waals surface area contributed by atoms with E-state index in [1.807, 2.05) is 0 Å². The van der Waals surface area contributed by atoms with Gasteiger partial charge in [-0.2, -0.15) is 0 Å². The summed E-state index contributed by atoms with van der Waals surface area (Å²) in [6, 6.07) is 11.6. The van der Waals surface area contributed by atoms with Crippen LogP contribution < -0.4 is 14.8 Å². The van der Waals surface area contributed by atoms with Crippen molar-refractivity contribution in [1.82, 2.24) is 10.2 Å². The molecular formula is C23H21ClN2O6S. The zero-order valence-electron chi connectivity index (χ0n) is 17.9. The van der Waals surface area contributed by atoms with E-state index >= 15 is 0 Å². The summed E-state index contributed by atoms with van der Waals surface area (Å²) in [5.41, 5.74) is 1.22. The van der Waals surface area contributed by atoms with Crippen molar-refractivity contribution >= 4 is 52.3 Å². The molecule has 8 nitrogen and oxygen atoms in total. The molecule has 0 aliphatic carbocycles. The molecule has 1 fully saturated rings. The molecule has 0 spiro atoms. The zero-order chi connectivity index (χ0) is 24.0. The number of ether oxygens (including phenoxy) is 2. The van der Waals surface area contributed by atoms with E-state index in [0.29, 0.717) is 27.0 Å². The molecule has 0 unspecified atom stereocenters. The Morgan fingerprint density at radius 1 is 1.12 bits per heavy atom. The number of nitrogens with zero attached hydrogens (tertiary/aromatic N) is 1. The van der Waals surface area contributed by atoms with Crippen LogP contribution in [-0.4, -0.2) is 54.5 Å². The number of nitrogens with one attached hydrogen (secondary N) is 1. The molecular weight excluding hydrogens is 468 g/mol. The lowest BCUT2D eigenvalue weighted by Crippen LogP contribution is -2.38. The number of thioether (sulfide) groups is 1. The van der Waals surface area contributed by atoms with Crippen molar-refractivity contribution in [3.05, 3.63) is 63.5 Å². The molecule has 1 heterocycles. The van der Waals surface area contributed by atoms with E-state index in [0.717, 1.165) is 22.2 Å². The standard InChI is InChI=1S/C23H21ClN2O6S/c1-14(27)16-5-8-18(19(12-16)31-2)32-13-21(28)25-9-10-26-22(29)20(33-23(26)30)11-15-3-6-17(24)7-4-15/h3-8,11-12H,9-10,13H2,1-2H3,(H,25,28)/b20-11+. The van der Waals surface area contributed by atoms with Crippen LogP contribution in [0.15, 0.2) is 47.4 Å². The maximum atomic E-state index is 12.5. The highest BCUT2D eigenvalue weighted by molar-refractivity contribution is 8.18. The van der Waals surface area contributed by atoms with E-state index < -0.39 is 17.1 Å². The number of carbonyl (C=O) groups excluding carboxylic acids is 4. The van der Waals surface area contributed by atoms with Gasteiger partial charge in [-0.3, -0.25) is 24.1 Å². The first-order chi connectivity index (χ1) is 15.8. The Bertz CT molecular complexity index is 1120. The summed E-state index contributed by atoms with van der Waals surface area (Å²) in [5.74, 6) is -0.318. The highest BCUT2D eigenvalue weighted by atomic mass is 35.5. The minimum atomic E-state index is -0.434. The van der Waals surface area contributed by atoms with Crippen molar-refractivity contribution in [2.24, 2.45) is 0 Å². The largest absolute Gasteiger partial charge is 0.493 e. The molecule has 1 N–H and O–H groups in total. The van der Waals surface area contributed by atoms with Gasteiger partial charge in [0.2, 0.25) is 0 Å². The minimum absolute atomic E-state index is 0.0327. The summed E-state index contributed by atoms with van der Waals surface area (Å²) in [7, 11) is 1.43. The number of ketones is 1. The van der Waals surface area contributed by atoms with Gasteiger partial charge in [0.15, 0.2) is 23.9 Å². The lowest BCUT2D eigenvalue weighted by atomic mass is 10.1. The third-order valence-corrected chi connectivity index (χ3v) is 5.79. The summed E-state index contributed by atoms with van der Waals surface area (Å²) in [6.45, 7) is 1.25. The van der Waals surface area contributed by atoms with E-state index in [1.165, 1.54) is 20.1 Å². The number of methoxy groups -OCH3 is 1. The van der Waals surface area contributed by atoms with Crippen LogP contribution in [0.1, 0.15) is 22.8 Å². The van der Waals surface area contributed by atoms with Crippen LogP contribution in [0.5, 0.6) is 11.5 Å². The summed E-state index contributed by atoms with van der Waals surface area (Å²) in [5, 5.41) is 2.78. The van der Waals surface area contributed by atoms with Gasteiger partial charge in [0.1, 0.15) is 0 Å². The molecule has 172 valence electrons. The maximum Gasteiger partial charge on any atom is 0.293 e. The van der Waals surface area contributed by atoms with Crippen LogP contribution in [0, 0.1) is 0 Å². The van der Waals surface area contributed by atoms with E-state index in [9.17, 15) is 19.2 Å². The summed E-state index contributed by atoms with van der Waals surface area (Å²) in [6.07, 6.45) is 1.62. The number of Topliss-reactive ketones (excluding diaryl/α,β-unsaturated/α-hetero) is 1. The van der Waals surface area contributed by atoms with Gasteiger partial charge in [0.05, 0.1) is 12.0 Å². The molecule has 0 saturated carbocycles. The Morgan fingerprint density at radius 2 is 1.85 bits per heavy atom. The van der Waals surface area contributed by atoms with Crippen LogP contribution in [0.4, 0.5) is 4.79 Å². The fourth-order valence-corrected chi connectivity index (χ4v) is 3.90. The molecule has 1 aliphatic heterocycles. The van der Waals surface area contributed by atoms with Crippen LogP contribution in [0.3, 0.4) is 0 Å². The first kappa shape index (κ1) is 24.3. The predicted octanol–water partition coefficient (Wildman–Crippen LogP) is 3.78. The maximum absolute atomic E-state index is 12.5. The number of amides is 3. The van der Waals surface area contributed by atoms with Gasteiger partial charge in [-0.05, 0) is 60.7 Å². The van der Waals surface area contributed by atoms with E-state index in [4.69, 9.17) is 21.1 Å². The van der Waals surface area contributed by atoms with Crippen LogP contribution >= 0.6 is 23.4 Å². The fraction of sp³-hybridized carbons (Fsp3) is 0.217. The molecule has 0 atom stereocenters. The third kappa shape index (κ3) is 6.36. The first-order valence-corrected chi connectivity index (χ1v) is 11.1. The molecule has 1 aliphatic rings. The zero-order valence-corrected chi connectivity index (χ0v) is 19.5. The Hall–Kier alpha value is -3.30. The number of benzene rings is 2. The van der Waals surface area contributed by atoms with Gasteiger partial charge < -0.3 is 14.8 Å². The highest BCUT2D eigenvalue weighted by Gasteiger charge is 2.34. The number of hydrogen-bond acceptors (Lipinski definition) is 7. The van der Waals surface area contributed by atoms with Crippen LogP contribution in [0.2, 0.25) is 5.02 Å². The van der Waals surface area contributed by atoms with Crippen molar-refractivity contribution < 1.29 is 28.7 Å². The number of imide groups is 1. The van der Waals surface area contributed by atoms with Crippen LogP contribution in [0.25, 0.3) is 6.08 Å². The van der Waals surface area contributed by atoms with E-state index in [-0.39, 0.29) is 25.5 Å². The second-order valence-corrected chi connectivity index (χ2v) is 8.37. The minimum Gasteiger partial charge on any atom is -0.493 e. The lowest BCUT2D eigenvalue weighted by molar-refractivity contribution is -0.125. The molecule has 2 aromatic carbocycles. The third-order valence-electron chi connectivity index (χ3n) is 4.63. The van der Waals surface area contributed by atoms with E-state index in [2.05, 4.69) is 5.32 Å². The topological polar surface area (TPSA) is 102 Å². The molecule has 10 heteroatoms. The highest BCUT2D eigenvalue weighted by Crippen LogP contribution is 2.32. The average Bonchev–Trinajstić information content (AvgIpc) is 3.06. The van der Waals surface area contributed by atoms with Gasteiger partial charge in [0, 0.05) is 23.7 Å². The molecule has 2 aromatic rings. The van der Waals surface area contributed by atoms with Crippen molar-refractivity contribution in [1.29, 1.82) is 0 Å². The summed E-state index contributed by atoms with van der Waals surface area (Å²) >= 11 is 6.70. The molecule has 0 radical (unpaired) electrons. The second kappa shape index (κ2) is 11.0. The van der Waals surface area contributed by atoms with Gasteiger partial charge in [0.25, 0.3) is 17.1 Å². The van der Waals surface area contributed by atoms with E-state index in [1.54, 1.807) is 42.5 Å². The van der Waals surface area contributed by atoms with Gasteiger partial charge >= 0.3 is 0 Å². The van der Waals surface area contributed by atoms with Crippen LogP contribution in [-0.2, 0) is 9.59 Å². The van der Waals surface area contributed by atoms with Crippen molar-refractivity contribution in [2.45, 2.75) is 6.92 Å². The fourth-order valence-electron chi connectivity index (χ4n) is 2.91. The number of carbonyl (C=O) groups is 4. The Morgan fingerprint density at radius 3 is 2.52 bits per heavy atom. The Labute approximate surface area is 199 Å². The van der Waals surface area contributed by atoms with Gasteiger partial charge in [-0.25, -0.2) is 0 Å². The molecule has 0 aromatic heterocycles. The number of hydrogen-bond donors (Lipinski definition) is 1. The normalized spacial score (nSPS) is 14.5. The summed E-state index contributed by atoms with van der Waals surface area (Å²) < 4.78 is 10.7. The molecule has 3 rings (SSSR count). The average molecular weight is 489 g/mol. The van der Waals surface area contributed by atoms with Gasteiger partial charge in [-0.1, -0.05) is 23.7 Å². The lowest BCUT2D eigenvalue weighted by Gasteiger charge is -2.14. The smallest absolute Gasteiger partial charge is 0.293 e. The van der Waals surface area contributed by atoms with Gasteiger partial charge in [-0.15, -0.1) is 0 Å². The Balaban J connectivity index is 1.49. The Kier molecular flexibility index (Phi) is 8.13. The SMILES string of the molecule is COc1cc(C(C)=O)ccc1OCC(=O)NCCN1C(=O)S/C(=C/c2ccc(Cl)cc2)C1=O. The van der Waals surface area contributed by atoms with Crippen molar-refractivity contribution in [2.75, 3.05) is 26.8 Å². The quantitative estimate of drug-likeness (QED) is 0.423. The second-order valence-electron chi connectivity index (χ2n) is 6.95. The number of halogens is 1. The summed E-state index contributed by atoms with van der Waals surface area (Å²) in [4.78, 5) is 49.7. The molecule has 3 amide bonds. The predicted molar refractivity (Wildman–Crippen MR) is 126 cm³/mol.